The summed E-state index contributed by atoms with van der Waals surface area (Å²) in [5.74, 6) is 0.850. The van der Waals surface area contributed by atoms with Crippen LogP contribution >= 0.6 is 11.6 Å². The molecular weight excluding hydrogens is 322 g/mol. The molecular formula is C20H22ClNO2. The van der Waals surface area contributed by atoms with E-state index < -0.39 is 0 Å². The third kappa shape index (κ3) is 4.30. The summed E-state index contributed by atoms with van der Waals surface area (Å²) in [6.07, 6.45) is 4.62. The van der Waals surface area contributed by atoms with E-state index in [1.165, 1.54) is 17.5 Å². The first-order chi connectivity index (χ1) is 11.6. The summed E-state index contributed by atoms with van der Waals surface area (Å²) in [6, 6.07) is 11.8. The van der Waals surface area contributed by atoms with E-state index in [1.807, 2.05) is 31.2 Å². The van der Waals surface area contributed by atoms with Crippen LogP contribution in [0.25, 0.3) is 0 Å². The number of amides is 1. The van der Waals surface area contributed by atoms with Gasteiger partial charge in [0, 0.05) is 17.1 Å². The van der Waals surface area contributed by atoms with E-state index in [1.54, 1.807) is 0 Å². The maximum absolute atomic E-state index is 12.1. The second-order valence-corrected chi connectivity index (χ2v) is 6.68. The van der Waals surface area contributed by atoms with Crippen LogP contribution in [0.4, 0.5) is 5.69 Å². The second kappa shape index (κ2) is 7.71. The van der Waals surface area contributed by atoms with E-state index in [2.05, 4.69) is 17.4 Å². The minimum atomic E-state index is 0.0318. The zero-order valence-electron chi connectivity index (χ0n) is 13.9. The average molecular weight is 344 g/mol. The number of halogens is 1. The molecule has 1 amide bonds. The summed E-state index contributed by atoms with van der Waals surface area (Å²) >= 11 is 5.92. The van der Waals surface area contributed by atoms with Gasteiger partial charge < -0.3 is 10.1 Å². The molecule has 0 saturated carbocycles. The number of rotatable bonds is 6. The highest BCUT2D eigenvalue weighted by molar-refractivity contribution is 6.30. The van der Waals surface area contributed by atoms with Gasteiger partial charge in [-0.25, -0.2) is 0 Å². The van der Waals surface area contributed by atoms with Crippen LogP contribution in [0.2, 0.25) is 5.02 Å². The lowest BCUT2D eigenvalue weighted by Gasteiger charge is -2.10. The summed E-state index contributed by atoms with van der Waals surface area (Å²) in [6.45, 7) is 2.47. The van der Waals surface area contributed by atoms with E-state index >= 15 is 0 Å². The summed E-state index contributed by atoms with van der Waals surface area (Å²) < 4.78 is 5.71. The third-order valence-electron chi connectivity index (χ3n) is 4.32. The zero-order chi connectivity index (χ0) is 16.9. The Bertz CT molecular complexity index is 742. The van der Waals surface area contributed by atoms with Crippen molar-refractivity contribution in [2.24, 2.45) is 0 Å². The predicted octanol–water partition coefficient (Wildman–Crippen LogP) is 4.93. The highest BCUT2D eigenvalue weighted by atomic mass is 35.5. The lowest BCUT2D eigenvalue weighted by Crippen LogP contribution is -2.13. The van der Waals surface area contributed by atoms with Gasteiger partial charge in [0.1, 0.15) is 5.75 Å². The number of fused-ring (bicyclic) bond motifs is 1. The highest BCUT2D eigenvalue weighted by Gasteiger charge is 2.11. The first-order valence-electron chi connectivity index (χ1n) is 8.42. The molecule has 4 heteroatoms. The molecule has 3 nitrogen and oxygen atoms in total. The average Bonchev–Trinajstić information content (AvgIpc) is 3.01. The van der Waals surface area contributed by atoms with Crippen molar-refractivity contribution in [1.29, 1.82) is 0 Å². The molecule has 2 aromatic rings. The van der Waals surface area contributed by atoms with Gasteiger partial charge in [0.25, 0.3) is 0 Å². The number of nitrogens with one attached hydrogen (secondary N) is 1. The fourth-order valence-corrected chi connectivity index (χ4v) is 3.29. The molecule has 1 N–H and O–H groups in total. The first-order valence-corrected chi connectivity index (χ1v) is 8.80. The number of carbonyl (C=O) groups excluding carboxylic acids is 1. The van der Waals surface area contributed by atoms with Crippen LogP contribution in [0.1, 0.15) is 36.0 Å². The molecule has 3 rings (SSSR count). The number of benzene rings is 2. The smallest absolute Gasteiger partial charge is 0.224 e. The number of carbonyl (C=O) groups is 1. The van der Waals surface area contributed by atoms with Crippen molar-refractivity contribution < 1.29 is 9.53 Å². The Morgan fingerprint density at radius 1 is 1.17 bits per heavy atom. The molecule has 0 aliphatic heterocycles. The molecule has 1 aliphatic carbocycles. The van der Waals surface area contributed by atoms with E-state index in [0.717, 1.165) is 29.8 Å². The van der Waals surface area contributed by atoms with Crippen LogP contribution in [0.15, 0.2) is 36.4 Å². The minimum absolute atomic E-state index is 0.0318. The molecule has 0 spiro atoms. The van der Waals surface area contributed by atoms with E-state index in [-0.39, 0.29) is 5.91 Å². The Morgan fingerprint density at radius 3 is 2.83 bits per heavy atom. The molecule has 0 fully saturated rings. The zero-order valence-corrected chi connectivity index (χ0v) is 14.7. The van der Waals surface area contributed by atoms with Crippen molar-refractivity contribution in [3.63, 3.8) is 0 Å². The lowest BCUT2D eigenvalue weighted by atomic mass is 10.1. The molecule has 0 saturated heterocycles. The largest absolute Gasteiger partial charge is 0.493 e. The Hall–Kier alpha value is -2.00. The maximum Gasteiger partial charge on any atom is 0.224 e. The fraction of sp³-hybridized carbons (Fsp3) is 0.350. The van der Waals surface area contributed by atoms with Gasteiger partial charge in [0.2, 0.25) is 5.91 Å². The molecule has 24 heavy (non-hydrogen) atoms. The van der Waals surface area contributed by atoms with Crippen molar-refractivity contribution in [3.05, 3.63) is 58.1 Å². The third-order valence-corrected chi connectivity index (χ3v) is 4.56. The molecule has 0 bridgehead atoms. The second-order valence-electron chi connectivity index (χ2n) is 6.25. The van der Waals surface area contributed by atoms with Crippen molar-refractivity contribution >= 4 is 23.2 Å². The molecule has 126 valence electrons. The van der Waals surface area contributed by atoms with Crippen LogP contribution in [0.5, 0.6) is 5.75 Å². The van der Waals surface area contributed by atoms with Gasteiger partial charge in [0.05, 0.1) is 6.61 Å². The van der Waals surface area contributed by atoms with Gasteiger partial charge in [-0.05, 0) is 79.6 Å². The Morgan fingerprint density at radius 2 is 2.00 bits per heavy atom. The Labute approximate surface area is 148 Å². The van der Waals surface area contributed by atoms with Crippen LogP contribution in [0.3, 0.4) is 0 Å². The molecule has 0 radical (unpaired) electrons. The predicted molar refractivity (Wildman–Crippen MR) is 98.0 cm³/mol. The quantitative estimate of drug-likeness (QED) is 0.755. The molecule has 0 aromatic heterocycles. The van der Waals surface area contributed by atoms with Crippen molar-refractivity contribution in [1.82, 2.24) is 0 Å². The number of aryl methyl sites for hydroxylation is 3. The van der Waals surface area contributed by atoms with Gasteiger partial charge in [-0.2, -0.15) is 0 Å². The standard InChI is InChI=1S/C20H22ClNO2/c1-14-12-17(21)8-10-19(14)24-11-3-6-20(23)22-18-9-7-15-4-2-5-16(15)13-18/h7-10,12-13H,2-6,11H2,1H3,(H,22,23). The number of ether oxygens (including phenoxy) is 1. The van der Waals surface area contributed by atoms with Crippen LogP contribution < -0.4 is 10.1 Å². The van der Waals surface area contributed by atoms with E-state index in [9.17, 15) is 4.79 Å². The van der Waals surface area contributed by atoms with Gasteiger partial charge >= 0.3 is 0 Å². The van der Waals surface area contributed by atoms with E-state index in [4.69, 9.17) is 16.3 Å². The van der Waals surface area contributed by atoms with Crippen molar-refractivity contribution in [2.75, 3.05) is 11.9 Å². The normalized spacial score (nSPS) is 12.8. The highest BCUT2D eigenvalue weighted by Crippen LogP contribution is 2.25. The Balaban J connectivity index is 1.42. The summed E-state index contributed by atoms with van der Waals surface area (Å²) in [4.78, 5) is 12.1. The van der Waals surface area contributed by atoms with Crippen molar-refractivity contribution in [3.8, 4) is 5.75 Å². The molecule has 0 atom stereocenters. The number of hydrogen-bond acceptors (Lipinski definition) is 2. The van der Waals surface area contributed by atoms with Crippen molar-refractivity contribution in [2.45, 2.75) is 39.0 Å². The monoisotopic (exact) mass is 343 g/mol. The molecule has 2 aromatic carbocycles. The van der Waals surface area contributed by atoms with Crippen LogP contribution in [0, 0.1) is 6.92 Å². The van der Waals surface area contributed by atoms with Gasteiger partial charge in [0.15, 0.2) is 0 Å². The summed E-state index contributed by atoms with van der Waals surface area (Å²) in [5.41, 5.74) is 4.69. The fourth-order valence-electron chi connectivity index (χ4n) is 3.06. The van der Waals surface area contributed by atoms with Crippen LogP contribution in [-0.4, -0.2) is 12.5 Å². The topological polar surface area (TPSA) is 38.3 Å². The minimum Gasteiger partial charge on any atom is -0.493 e. The molecule has 0 heterocycles. The summed E-state index contributed by atoms with van der Waals surface area (Å²) in [5, 5.41) is 3.68. The van der Waals surface area contributed by atoms with Gasteiger partial charge in [-0.15, -0.1) is 0 Å². The number of hydrogen-bond donors (Lipinski definition) is 1. The Kier molecular flexibility index (Phi) is 5.41. The first kappa shape index (κ1) is 16.8. The van der Waals surface area contributed by atoms with Gasteiger partial charge in [-0.3, -0.25) is 4.79 Å². The lowest BCUT2D eigenvalue weighted by molar-refractivity contribution is -0.116. The van der Waals surface area contributed by atoms with Gasteiger partial charge in [-0.1, -0.05) is 17.7 Å². The summed E-state index contributed by atoms with van der Waals surface area (Å²) in [7, 11) is 0. The van der Waals surface area contributed by atoms with Crippen LogP contribution in [-0.2, 0) is 17.6 Å². The molecule has 1 aliphatic rings. The maximum atomic E-state index is 12.1. The van der Waals surface area contributed by atoms with E-state index in [0.29, 0.717) is 24.5 Å². The SMILES string of the molecule is Cc1cc(Cl)ccc1OCCCC(=O)Nc1ccc2c(c1)CCC2. The molecule has 0 unspecified atom stereocenters. The number of anilines is 1.